The van der Waals surface area contributed by atoms with E-state index in [2.05, 4.69) is 0 Å². The molecule has 0 aromatic carbocycles. The second-order valence-corrected chi connectivity index (χ2v) is 4.78. The van der Waals surface area contributed by atoms with Crippen molar-refractivity contribution < 1.29 is 14.7 Å². The number of unbranched alkanes of at least 4 members (excludes halogenated alkanes) is 8. The molecule has 0 aliphatic carbocycles. The first-order chi connectivity index (χ1) is 8.13. The lowest BCUT2D eigenvalue weighted by Gasteiger charge is -2.01. The fraction of sp³-hybridized carbons (Fsp3) is 0.857. The molecule has 3 heteroatoms. The molecule has 0 radical (unpaired) electrons. The van der Waals surface area contributed by atoms with Crippen LogP contribution in [0.1, 0.15) is 77.6 Å². The van der Waals surface area contributed by atoms with Crippen molar-refractivity contribution in [3.63, 3.8) is 0 Å². The molecule has 0 amide bonds. The first kappa shape index (κ1) is 16.1. The maximum absolute atomic E-state index is 10.7. The third-order valence-corrected chi connectivity index (χ3v) is 2.92. The summed E-state index contributed by atoms with van der Waals surface area (Å²) in [7, 11) is 0. The molecule has 0 atom stereocenters. The fourth-order valence-corrected chi connectivity index (χ4v) is 1.89. The van der Waals surface area contributed by atoms with Crippen LogP contribution in [-0.4, -0.2) is 16.9 Å². The van der Waals surface area contributed by atoms with Crippen LogP contribution in [0.25, 0.3) is 0 Å². The Bertz CT molecular complexity index is 190. The van der Waals surface area contributed by atoms with Gasteiger partial charge in [-0.3, -0.25) is 4.79 Å². The minimum Gasteiger partial charge on any atom is -0.481 e. The average Bonchev–Trinajstić information content (AvgIpc) is 2.25. The maximum Gasteiger partial charge on any atom is 0.303 e. The van der Waals surface area contributed by atoms with E-state index in [0.717, 1.165) is 32.1 Å². The van der Waals surface area contributed by atoms with Crippen LogP contribution in [0.2, 0.25) is 0 Å². The van der Waals surface area contributed by atoms with Gasteiger partial charge in [0.25, 0.3) is 0 Å². The van der Waals surface area contributed by atoms with E-state index in [9.17, 15) is 9.59 Å². The molecule has 0 saturated carbocycles. The normalized spacial score (nSPS) is 10.4. The Kier molecular flexibility index (Phi) is 11.0. The number of carboxylic acid groups (broad SMARTS) is 1. The van der Waals surface area contributed by atoms with Gasteiger partial charge in [-0.1, -0.05) is 44.9 Å². The predicted octanol–water partition coefficient (Wildman–Crippen LogP) is 3.95. The van der Waals surface area contributed by atoms with E-state index in [-0.39, 0.29) is 0 Å². The Morgan fingerprint density at radius 1 is 0.706 bits per heavy atom. The van der Waals surface area contributed by atoms with Gasteiger partial charge in [0.05, 0.1) is 0 Å². The highest BCUT2D eigenvalue weighted by Crippen LogP contribution is 2.11. The van der Waals surface area contributed by atoms with Crippen LogP contribution < -0.4 is 0 Å². The molecule has 0 fully saturated rings. The Morgan fingerprint density at radius 2 is 1.06 bits per heavy atom. The van der Waals surface area contributed by atoms with Gasteiger partial charge in [0, 0.05) is 12.8 Å². The van der Waals surface area contributed by atoms with Crippen molar-refractivity contribution in [3.05, 3.63) is 0 Å². The van der Waals surface area contributed by atoms with Gasteiger partial charge < -0.3 is 9.90 Å². The molecule has 17 heavy (non-hydrogen) atoms. The molecule has 0 aliphatic heterocycles. The van der Waals surface area contributed by atoms with Crippen LogP contribution in [0.3, 0.4) is 0 Å². The molecule has 0 rings (SSSR count). The smallest absolute Gasteiger partial charge is 0.303 e. The van der Waals surface area contributed by atoms with E-state index >= 15 is 0 Å². The minimum absolute atomic E-state index is 0.295. The molecule has 0 heterocycles. The molecule has 0 spiro atoms. The van der Waals surface area contributed by atoms with Crippen LogP contribution in [0, 0.1) is 0 Å². The number of hydrogen-bond donors (Lipinski definition) is 1. The van der Waals surface area contributed by atoms with Crippen molar-refractivity contribution in [3.8, 4) is 0 Å². The van der Waals surface area contributed by atoms with Crippen LogP contribution in [0.4, 0.5) is 0 Å². The van der Waals surface area contributed by atoms with Crippen molar-refractivity contribution in [1.82, 2.24) is 0 Å². The van der Waals surface area contributed by atoms with E-state index in [1.165, 1.54) is 32.1 Å². The number of ketones is 1. The van der Waals surface area contributed by atoms with Gasteiger partial charge in [-0.05, 0) is 19.8 Å². The van der Waals surface area contributed by atoms with Crippen LogP contribution >= 0.6 is 0 Å². The second kappa shape index (κ2) is 11.6. The van der Waals surface area contributed by atoms with Crippen molar-refractivity contribution in [2.24, 2.45) is 0 Å². The highest BCUT2D eigenvalue weighted by molar-refractivity contribution is 5.75. The summed E-state index contributed by atoms with van der Waals surface area (Å²) in [5.41, 5.74) is 0. The molecule has 0 aromatic rings. The van der Waals surface area contributed by atoms with Crippen molar-refractivity contribution in [2.75, 3.05) is 0 Å². The number of hydrogen-bond acceptors (Lipinski definition) is 2. The summed E-state index contributed by atoms with van der Waals surface area (Å²) in [6, 6.07) is 0. The highest BCUT2D eigenvalue weighted by atomic mass is 16.4. The van der Waals surface area contributed by atoms with Gasteiger partial charge >= 0.3 is 5.97 Å². The van der Waals surface area contributed by atoms with Gasteiger partial charge in [-0.25, -0.2) is 0 Å². The molecule has 0 saturated heterocycles. The number of rotatable bonds is 12. The lowest BCUT2D eigenvalue weighted by atomic mass is 10.1. The molecule has 0 bridgehead atoms. The van der Waals surface area contributed by atoms with Gasteiger partial charge in [0.1, 0.15) is 5.78 Å². The average molecular weight is 242 g/mol. The Morgan fingerprint density at radius 3 is 1.41 bits per heavy atom. The summed E-state index contributed by atoms with van der Waals surface area (Å²) in [6.45, 7) is 1.65. The standard InChI is InChI=1S/C14H26O3/c1-13(15)11-9-7-5-3-2-4-6-8-10-12-14(16)17/h2-12H2,1H3,(H,16,17). The predicted molar refractivity (Wildman–Crippen MR) is 69.1 cm³/mol. The topological polar surface area (TPSA) is 54.4 Å². The zero-order valence-corrected chi connectivity index (χ0v) is 11.0. The Labute approximate surface area is 105 Å². The quantitative estimate of drug-likeness (QED) is 0.527. The zero-order valence-electron chi connectivity index (χ0n) is 11.0. The molecular weight excluding hydrogens is 216 g/mol. The van der Waals surface area contributed by atoms with Crippen LogP contribution in [0.15, 0.2) is 0 Å². The van der Waals surface area contributed by atoms with Crippen molar-refractivity contribution >= 4 is 11.8 Å². The van der Waals surface area contributed by atoms with Crippen molar-refractivity contribution in [1.29, 1.82) is 0 Å². The van der Waals surface area contributed by atoms with Crippen LogP contribution in [-0.2, 0) is 9.59 Å². The number of Topliss-reactive ketones (excluding diaryl/α,β-unsaturated/α-hetero) is 1. The lowest BCUT2D eigenvalue weighted by molar-refractivity contribution is -0.137. The SMILES string of the molecule is CC(=O)CCCCCCCCCCCC(=O)O. The third-order valence-electron chi connectivity index (χ3n) is 2.92. The van der Waals surface area contributed by atoms with Crippen LogP contribution in [0.5, 0.6) is 0 Å². The van der Waals surface area contributed by atoms with E-state index in [1.807, 2.05) is 0 Å². The molecule has 0 unspecified atom stereocenters. The summed E-state index contributed by atoms with van der Waals surface area (Å²) < 4.78 is 0. The molecule has 0 aromatic heterocycles. The number of aliphatic carboxylic acids is 1. The first-order valence-electron chi connectivity index (χ1n) is 6.84. The number of carbonyl (C=O) groups excluding carboxylic acids is 1. The summed E-state index contributed by atoms with van der Waals surface area (Å²) in [5, 5.41) is 8.45. The summed E-state index contributed by atoms with van der Waals surface area (Å²) in [6.07, 6.45) is 11.2. The zero-order chi connectivity index (χ0) is 12.9. The van der Waals surface area contributed by atoms with Gasteiger partial charge in [0.15, 0.2) is 0 Å². The second-order valence-electron chi connectivity index (χ2n) is 4.78. The number of carbonyl (C=O) groups is 2. The van der Waals surface area contributed by atoms with Gasteiger partial charge in [-0.15, -0.1) is 0 Å². The van der Waals surface area contributed by atoms with Gasteiger partial charge in [0.2, 0.25) is 0 Å². The summed E-state index contributed by atoms with van der Waals surface area (Å²) in [5.74, 6) is -0.390. The fourth-order valence-electron chi connectivity index (χ4n) is 1.89. The van der Waals surface area contributed by atoms with Crippen molar-refractivity contribution in [2.45, 2.75) is 77.6 Å². The molecule has 1 N–H and O–H groups in total. The van der Waals surface area contributed by atoms with E-state index in [1.54, 1.807) is 6.92 Å². The first-order valence-corrected chi connectivity index (χ1v) is 6.84. The Hall–Kier alpha value is -0.860. The number of carboxylic acids is 1. The molecule has 0 aliphatic rings. The van der Waals surface area contributed by atoms with E-state index < -0.39 is 5.97 Å². The highest BCUT2D eigenvalue weighted by Gasteiger charge is 1.97. The monoisotopic (exact) mass is 242 g/mol. The third kappa shape index (κ3) is 15.1. The Balaban J connectivity index is 2.98. The largest absolute Gasteiger partial charge is 0.481 e. The van der Waals surface area contributed by atoms with E-state index in [0.29, 0.717) is 12.2 Å². The van der Waals surface area contributed by atoms with Gasteiger partial charge in [-0.2, -0.15) is 0 Å². The summed E-state index contributed by atoms with van der Waals surface area (Å²) in [4.78, 5) is 20.9. The maximum atomic E-state index is 10.7. The lowest BCUT2D eigenvalue weighted by Crippen LogP contribution is -1.93. The summed E-state index contributed by atoms with van der Waals surface area (Å²) >= 11 is 0. The molecule has 3 nitrogen and oxygen atoms in total. The van der Waals surface area contributed by atoms with E-state index in [4.69, 9.17) is 5.11 Å². The molecular formula is C14H26O3. The molecule has 100 valence electrons. The minimum atomic E-state index is -0.685.